The molecule has 0 fully saturated rings. The van der Waals surface area contributed by atoms with E-state index in [0.717, 1.165) is 5.56 Å². The average Bonchev–Trinajstić information content (AvgIpc) is 3.17. The molecule has 0 aliphatic heterocycles. The van der Waals surface area contributed by atoms with Crippen LogP contribution in [0.25, 0.3) is 0 Å². The molecule has 3 rings (SSSR count). The van der Waals surface area contributed by atoms with E-state index in [0.29, 0.717) is 23.6 Å². The quantitative estimate of drug-likeness (QED) is 0.681. The number of furan rings is 1. The second-order valence-electron chi connectivity index (χ2n) is 6.49. The maximum absolute atomic E-state index is 12.8. The summed E-state index contributed by atoms with van der Waals surface area (Å²) in [6.45, 7) is 4.52. The Bertz CT molecular complexity index is 902. The van der Waals surface area contributed by atoms with Crippen LogP contribution in [0.3, 0.4) is 0 Å². The molecule has 5 nitrogen and oxygen atoms in total. The number of hydrogen-bond donors (Lipinski definition) is 1. The molecular formula is C22H23NO4. The molecule has 0 aliphatic rings. The van der Waals surface area contributed by atoms with Gasteiger partial charge >= 0.3 is 0 Å². The fourth-order valence-corrected chi connectivity index (χ4v) is 2.71. The largest absolute Gasteiger partial charge is 0.508 e. The van der Waals surface area contributed by atoms with Crippen LogP contribution in [0.1, 0.15) is 22.5 Å². The van der Waals surface area contributed by atoms with Crippen LogP contribution in [0.4, 0.5) is 0 Å². The van der Waals surface area contributed by atoms with Gasteiger partial charge in [0.15, 0.2) is 6.61 Å². The molecule has 1 aromatic heterocycles. The molecule has 5 heteroatoms. The third kappa shape index (κ3) is 4.91. The molecule has 140 valence electrons. The number of amides is 1. The standard InChI is InChI=1S/C22H23NO4/c1-16-9-10-19(12-17(16)2)27-15-22(25)23(14-20-7-5-11-26-20)13-18-6-3-4-8-21(18)24/h3-12,24H,13-15H2,1-2H3. The fraction of sp³-hybridized carbons (Fsp3) is 0.227. The summed E-state index contributed by atoms with van der Waals surface area (Å²) in [7, 11) is 0. The first-order valence-corrected chi connectivity index (χ1v) is 8.80. The lowest BCUT2D eigenvalue weighted by molar-refractivity contribution is -0.134. The van der Waals surface area contributed by atoms with Crippen LogP contribution in [-0.4, -0.2) is 22.5 Å². The van der Waals surface area contributed by atoms with Gasteiger partial charge in [0.1, 0.15) is 17.3 Å². The van der Waals surface area contributed by atoms with Crippen molar-refractivity contribution in [2.45, 2.75) is 26.9 Å². The molecule has 0 unspecified atom stereocenters. The van der Waals surface area contributed by atoms with E-state index in [1.54, 1.807) is 35.4 Å². The number of nitrogens with zero attached hydrogens (tertiary/aromatic N) is 1. The van der Waals surface area contributed by atoms with Crippen molar-refractivity contribution in [3.63, 3.8) is 0 Å². The molecule has 1 N–H and O–H groups in total. The zero-order chi connectivity index (χ0) is 19.2. The highest BCUT2D eigenvalue weighted by Crippen LogP contribution is 2.20. The fourth-order valence-electron chi connectivity index (χ4n) is 2.71. The summed E-state index contributed by atoms with van der Waals surface area (Å²) in [5, 5.41) is 10.0. The van der Waals surface area contributed by atoms with Gasteiger partial charge in [0, 0.05) is 12.1 Å². The van der Waals surface area contributed by atoms with Gasteiger partial charge in [-0.2, -0.15) is 0 Å². The van der Waals surface area contributed by atoms with Gasteiger partial charge in [-0.25, -0.2) is 0 Å². The predicted molar refractivity (Wildman–Crippen MR) is 102 cm³/mol. The van der Waals surface area contributed by atoms with Crippen LogP contribution in [0, 0.1) is 13.8 Å². The smallest absolute Gasteiger partial charge is 0.261 e. The lowest BCUT2D eigenvalue weighted by atomic mass is 10.1. The lowest BCUT2D eigenvalue weighted by Crippen LogP contribution is -2.34. The molecule has 3 aromatic rings. The minimum atomic E-state index is -0.187. The number of benzene rings is 2. The van der Waals surface area contributed by atoms with Crippen LogP contribution in [0.5, 0.6) is 11.5 Å². The van der Waals surface area contributed by atoms with Crippen LogP contribution in [-0.2, 0) is 17.9 Å². The lowest BCUT2D eigenvalue weighted by Gasteiger charge is -2.22. The molecule has 0 saturated carbocycles. The van der Waals surface area contributed by atoms with Gasteiger partial charge in [0.05, 0.1) is 12.8 Å². The van der Waals surface area contributed by atoms with Crippen LogP contribution < -0.4 is 4.74 Å². The number of hydrogen-bond acceptors (Lipinski definition) is 4. The highest BCUT2D eigenvalue weighted by Gasteiger charge is 2.18. The SMILES string of the molecule is Cc1ccc(OCC(=O)N(Cc2ccco2)Cc2ccccc2O)cc1C. The summed E-state index contributed by atoms with van der Waals surface area (Å²) in [5.74, 6) is 1.30. The number of aryl methyl sites for hydroxylation is 2. The number of aromatic hydroxyl groups is 1. The molecule has 0 bridgehead atoms. The first-order valence-electron chi connectivity index (χ1n) is 8.80. The van der Waals surface area contributed by atoms with Gasteiger partial charge in [0.25, 0.3) is 5.91 Å². The Balaban J connectivity index is 1.71. The maximum atomic E-state index is 12.8. The number of carbonyl (C=O) groups is 1. The molecule has 0 saturated heterocycles. The monoisotopic (exact) mass is 365 g/mol. The molecule has 27 heavy (non-hydrogen) atoms. The summed E-state index contributed by atoms with van der Waals surface area (Å²) < 4.78 is 11.1. The van der Waals surface area contributed by atoms with E-state index in [4.69, 9.17) is 9.15 Å². The number of ether oxygens (including phenoxy) is 1. The van der Waals surface area contributed by atoms with Crippen molar-refractivity contribution in [3.05, 3.63) is 83.3 Å². The predicted octanol–water partition coefficient (Wildman–Crippen LogP) is 4.21. The normalized spacial score (nSPS) is 10.6. The summed E-state index contributed by atoms with van der Waals surface area (Å²) >= 11 is 0. The zero-order valence-corrected chi connectivity index (χ0v) is 15.5. The van der Waals surface area contributed by atoms with E-state index in [9.17, 15) is 9.90 Å². The molecule has 1 amide bonds. The topological polar surface area (TPSA) is 62.9 Å². The summed E-state index contributed by atoms with van der Waals surface area (Å²) in [4.78, 5) is 14.4. The molecule has 0 spiro atoms. The van der Waals surface area contributed by atoms with Gasteiger partial charge < -0.3 is 19.2 Å². The molecule has 2 aromatic carbocycles. The molecule has 0 aliphatic carbocycles. The van der Waals surface area contributed by atoms with E-state index in [-0.39, 0.29) is 24.8 Å². The van der Waals surface area contributed by atoms with Crippen LogP contribution >= 0.6 is 0 Å². The van der Waals surface area contributed by atoms with Crippen molar-refractivity contribution in [1.29, 1.82) is 0 Å². The minimum absolute atomic E-state index is 0.0865. The van der Waals surface area contributed by atoms with Gasteiger partial charge in [0.2, 0.25) is 0 Å². The van der Waals surface area contributed by atoms with Gasteiger partial charge in [-0.3, -0.25) is 4.79 Å². The number of phenolic OH excluding ortho intramolecular Hbond substituents is 1. The zero-order valence-electron chi connectivity index (χ0n) is 15.5. The maximum Gasteiger partial charge on any atom is 0.261 e. The van der Waals surface area contributed by atoms with Crippen molar-refractivity contribution < 1.29 is 19.1 Å². The third-order valence-corrected chi connectivity index (χ3v) is 4.47. The number of rotatable bonds is 7. The van der Waals surface area contributed by atoms with Crippen molar-refractivity contribution in [2.24, 2.45) is 0 Å². The van der Waals surface area contributed by atoms with E-state index in [1.807, 2.05) is 44.2 Å². The average molecular weight is 365 g/mol. The Hall–Kier alpha value is -3.21. The summed E-state index contributed by atoms with van der Waals surface area (Å²) in [5.41, 5.74) is 2.96. The summed E-state index contributed by atoms with van der Waals surface area (Å²) in [6.07, 6.45) is 1.57. The van der Waals surface area contributed by atoms with E-state index in [2.05, 4.69) is 0 Å². The third-order valence-electron chi connectivity index (χ3n) is 4.47. The molecular weight excluding hydrogens is 342 g/mol. The summed E-state index contributed by atoms with van der Waals surface area (Å²) in [6, 6.07) is 16.3. The molecule has 0 atom stereocenters. The van der Waals surface area contributed by atoms with Gasteiger partial charge in [-0.1, -0.05) is 24.3 Å². The first kappa shape index (κ1) is 18.6. The van der Waals surface area contributed by atoms with Crippen LogP contribution in [0.15, 0.2) is 65.3 Å². The highest BCUT2D eigenvalue weighted by molar-refractivity contribution is 5.77. The second kappa shape index (κ2) is 8.45. The highest BCUT2D eigenvalue weighted by atomic mass is 16.5. The van der Waals surface area contributed by atoms with Gasteiger partial charge in [-0.05, 0) is 55.3 Å². The Labute approximate surface area is 158 Å². The van der Waals surface area contributed by atoms with E-state index < -0.39 is 0 Å². The van der Waals surface area contributed by atoms with Crippen molar-refractivity contribution in [3.8, 4) is 11.5 Å². The Morgan fingerprint density at radius 2 is 1.85 bits per heavy atom. The number of carbonyl (C=O) groups excluding carboxylic acids is 1. The first-order chi connectivity index (χ1) is 13.0. The number of para-hydroxylation sites is 1. The molecule has 1 heterocycles. The van der Waals surface area contributed by atoms with Crippen molar-refractivity contribution in [2.75, 3.05) is 6.61 Å². The number of phenols is 1. The van der Waals surface area contributed by atoms with Gasteiger partial charge in [-0.15, -0.1) is 0 Å². The van der Waals surface area contributed by atoms with E-state index >= 15 is 0 Å². The molecule has 0 radical (unpaired) electrons. The van der Waals surface area contributed by atoms with Crippen LogP contribution in [0.2, 0.25) is 0 Å². The Morgan fingerprint density at radius 3 is 2.56 bits per heavy atom. The minimum Gasteiger partial charge on any atom is -0.508 e. The van der Waals surface area contributed by atoms with Crippen molar-refractivity contribution >= 4 is 5.91 Å². The Kier molecular flexibility index (Phi) is 5.81. The van der Waals surface area contributed by atoms with Crippen molar-refractivity contribution in [1.82, 2.24) is 4.90 Å². The second-order valence-corrected chi connectivity index (χ2v) is 6.49. The van der Waals surface area contributed by atoms with E-state index in [1.165, 1.54) is 5.56 Å². The Morgan fingerprint density at radius 1 is 1.04 bits per heavy atom.